The maximum atomic E-state index is 4.78. The van der Waals surface area contributed by atoms with Gasteiger partial charge in [-0.2, -0.15) is 0 Å². The summed E-state index contributed by atoms with van der Waals surface area (Å²) in [6.45, 7) is 2.07. The smallest absolute Gasteiger partial charge is 0.0706 e. The minimum atomic E-state index is 0.965. The van der Waals surface area contributed by atoms with Gasteiger partial charge in [-0.25, -0.2) is 0 Å². The molecule has 2 nitrogen and oxygen atoms in total. The van der Waals surface area contributed by atoms with Gasteiger partial charge in [0.15, 0.2) is 0 Å². The van der Waals surface area contributed by atoms with E-state index in [2.05, 4.69) is 139 Å². The quantitative estimate of drug-likeness (QED) is 0.204. The summed E-state index contributed by atoms with van der Waals surface area (Å²) in [5, 5.41) is 7.52. The summed E-state index contributed by atoms with van der Waals surface area (Å²) < 4.78 is 0. The Labute approximate surface area is 251 Å². The number of rotatable bonds is 4. The van der Waals surface area contributed by atoms with Crippen LogP contribution in [0.25, 0.3) is 77.0 Å². The zero-order valence-electron chi connectivity index (χ0n) is 23.8. The third-order valence-electron chi connectivity index (χ3n) is 8.52. The van der Waals surface area contributed by atoms with Crippen molar-refractivity contribution in [2.75, 3.05) is 0 Å². The van der Waals surface area contributed by atoms with Crippen LogP contribution in [-0.2, 0) is 0 Å². The van der Waals surface area contributed by atoms with Crippen molar-refractivity contribution in [3.05, 3.63) is 158 Å². The Balaban J connectivity index is 1.24. The van der Waals surface area contributed by atoms with E-state index < -0.39 is 0 Å². The van der Waals surface area contributed by atoms with Crippen molar-refractivity contribution < 1.29 is 0 Å². The standard InChI is InChI=1S/C41H28N2/c1-27-25-42-22-21-34(27)39-20-19-33(26-43-39)31-16-15-30-24-32(18-17-29(30)23-31)41-37-13-7-5-11-35(37)40(28-9-3-2-4-10-28)36-12-6-8-14-38(36)41/h2-26H,1H3. The van der Waals surface area contributed by atoms with E-state index in [1.807, 2.05) is 24.7 Å². The first kappa shape index (κ1) is 25.1. The Morgan fingerprint density at radius 2 is 1.00 bits per heavy atom. The van der Waals surface area contributed by atoms with Crippen LogP contribution in [0.2, 0.25) is 0 Å². The molecule has 0 bridgehead atoms. The summed E-state index contributed by atoms with van der Waals surface area (Å²) in [6.07, 6.45) is 5.67. The zero-order chi connectivity index (χ0) is 28.8. The monoisotopic (exact) mass is 548 g/mol. The molecular formula is C41H28N2. The number of aromatic nitrogens is 2. The average molecular weight is 549 g/mol. The van der Waals surface area contributed by atoms with Crippen LogP contribution in [0.3, 0.4) is 0 Å². The van der Waals surface area contributed by atoms with E-state index in [1.54, 1.807) is 0 Å². The molecule has 0 saturated carbocycles. The summed E-state index contributed by atoms with van der Waals surface area (Å²) in [4.78, 5) is 8.99. The second-order valence-electron chi connectivity index (χ2n) is 11.1. The third kappa shape index (κ3) is 4.36. The van der Waals surface area contributed by atoms with E-state index in [9.17, 15) is 0 Å². The lowest BCUT2D eigenvalue weighted by Crippen LogP contribution is -1.91. The van der Waals surface area contributed by atoms with Crippen LogP contribution >= 0.6 is 0 Å². The molecule has 8 aromatic rings. The molecule has 2 heterocycles. The van der Waals surface area contributed by atoms with Gasteiger partial charge in [0.25, 0.3) is 0 Å². The second-order valence-corrected chi connectivity index (χ2v) is 11.1. The Morgan fingerprint density at radius 1 is 0.442 bits per heavy atom. The zero-order valence-corrected chi connectivity index (χ0v) is 23.8. The molecule has 202 valence electrons. The Bertz CT molecular complexity index is 2230. The fourth-order valence-corrected chi connectivity index (χ4v) is 6.42. The topological polar surface area (TPSA) is 25.8 Å². The van der Waals surface area contributed by atoms with Crippen LogP contribution in [0.1, 0.15) is 5.56 Å². The predicted molar refractivity (Wildman–Crippen MR) is 181 cm³/mol. The number of aryl methyl sites for hydroxylation is 1. The number of benzene rings is 6. The maximum absolute atomic E-state index is 4.78. The Hall–Kier alpha value is -5.60. The molecule has 0 saturated heterocycles. The van der Waals surface area contributed by atoms with Crippen molar-refractivity contribution in [3.63, 3.8) is 0 Å². The van der Waals surface area contributed by atoms with Crippen LogP contribution in [0.4, 0.5) is 0 Å². The molecule has 8 rings (SSSR count). The van der Waals surface area contributed by atoms with Gasteiger partial charge in [-0.1, -0.05) is 109 Å². The number of hydrogen-bond acceptors (Lipinski definition) is 2. The van der Waals surface area contributed by atoms with E-state index in [0.717, 1.165) is 27.9 Å². The highest BCUT2D eigenvalue weighted by atomic mass is 14.7. The highest BCUT2D eigenvalue weighted by Crippen LogP contribution is 2.44. The van der Waals surface area contributed by atoms with Crippen LogP contribution < -0.4 is 0 Å². The molecule has 0 fully saturated rings. The molecule has 0 aliphatic heterocycles. The summed E-state index contributed by atoms with van der Waals surface area (Å²) in [5.74, 6) is 0. The molecule has 0 amide bonds. The van der Waals surface area contributed by atoms with Gasteiger partial charge in [0.05, 0.1) is 5.69 Å². The van der Waals surface area contributed by atoms with Crippen molar-refractivity contribution in [2.45, 2.75) is 6.92 Å². The number of nitrogens with zero attached hydrogens (tertiary/aromatic N) is 2. The molecule has 0 N–H and O–H groups in total. The van der Waals surface area contributed by atoms with Crippen LogP contribution in [-0.4, -0.2) is 9.97 Å². The SMILES string of the molecule is Cc1cnccc1-c1ccc(-c2ccc3cc(-c4c5ccccc5c(-c5ccccc5)c5ccccc45)ccc3c2)cn1. The first-order valence-electron chi connectivity index (χ1n) is 14.6. The molecule has 2 heteroatoms. The highest BCUT2D eigenvalue weighted by molar-refractivity contribution is 6.21. The molecular weight excluding hydrogens is 520 g/mol. The van der Waals surface area contributed by atoms with E-state index >= 15 is 0 Å². The van der Waals surface area contributed by atoms with E-state index in [1.165, 1.54) is 54.6 Å². The number of fused-ring (bicyclic) bond motifs is 3. The van der Waals surface area contributed by atoms with Crippen molar-refractivity contribution in [2.24, 2.45) is 0 Å². The predicted octanol–water partition coefficient (Wildman–Crippen LogP) is 10.9. The summed E-state index contributed by atoms with van der Waals surface area (Å²) in [6, 6.07) is 48.2. The van der Waals surface area contributed by atoms with Gasteiger partial charge in [0.1, 0.15) is 0 Å². The molecule has 0 spiro atoms. The molecule has 2 aromatic heterocycles. The molecule has 0 aliphatic rings. The summed E-state index contributed by atoms with van der Waals surface area (Å²) in [5.41, 5.74) is 10.5. The van der Waals surface area contributed by atoms with Gasteiger partial charge in [0, 0.05) is 29.7 Å². The van der Waals surface area contributed by atoms with Crippen molar-refractivity contribution in [1.29, 1.82) is 0 Å². The lowest BCUT2D eigenvalue weighted by molar-refractivity contribution is 1.24. The highest BCUT2D eigenvalue weighted by Gasteiger charge is 2.16. The van der Waals surface area contributed by atoms with Gasteiger partial charge in [0.2, 0.25) is 0 Å². The lowest BCUT2D eigenvalue weighted by Gasteiger charge is -2.18. The normalized spacial score (nSPS) is 11.4. The average Bonchev–Trinajstić information content (AvgIpc) is 3.07. The van der Waals surface area contributed by atoms with Gasteiger partial charge in [-0.3, -0.25) is 9.97 Å². The van der Waals surface area contributed by atoms with Crippen molar-refractivity contribution >= 4 is 32.3 Å². The van der Waals surface area contributed by atoms with E-state index in [-0.39, 0.29) is 0 Å². The van der Waals surface area contributed by atoms with Gasteiger partial charge in [-0.15, -0.1) is 0 Å². The van der Waals surface area contributed by atoms with Gasteiger partial charge in [-0.05, 0) is 96.9 Å². The largest absolute Gasteiger partial charge is 0.264 e. The molecule has 0 unspecified atom stereocenters. The minimum Gasteiger partial charge on any atom is -0.264 e. The Morgan fingerprint density at radius 3 is 1.60 bits per heavy atom. The van der Waals surface area contributed by atoms with Crippen molar-refractivity contribution in [1.82, 2.24) is 9.97 Å². The van der Waals surface area contributed by atoms with Gasteiger partial charge >= 0.3 is 0 Å². The van der Waals surface area contributed by atoms with E-state index in [4.69, 9.17) is 4.98 Å². The summed E-state index contributed by atoms with van der Waals surface area (Å²) >= 11 is 0. The van der Waals surface area contributed by atoms with Crippen LogP contribution in [0, 0.1) is 6.92 Å². The molecule has 0 radical (unpaired) electrons. The first-order valence-corrected chi connectivity index (χ1v) is 14.6. The fourth-order valence-electron chi connectivity index (χ4n) is 6.42. The molecule has 0 atom stereocenters. The van der Waals surface area contributed by atoms with Crippen LogP contribution in [0.15, 0.2) is 152 Å². The van der Waals surface area contributed by atoms with E-state index in [0.29, 0.717) is 0 Å². The third-order valence-corrected chi connectivity index (χ3v) is 8.52. The fraction of sp³-hybridized carbons (Fsp3) is 0.0244. The summed E-state index contributed by atoms with van der Waals surface area (Å²) in [7, 11) is 0. The number of pyridine rings is 2. The van der Waals surface area contributed by atoms with Gasteiger partial charge < -0.3 is 0 Å². The lowest BCUT2D eigenvalue weighted by atomic mass is 9.85. The maximum Gasteiger partial charge on any atom is 0.0706 e. The molecule has 0 aliphatic carbocycles. The molecule has 43 heavy (non-hydrogen) atoms. The van der Waals surface area contributed by atoms with Crippen molar-refractivity contribution in [3.8, 4) is 44.6 Å². The van der Waals surface area contributed by atoms with Crippen LogP contribution in [0.5, 0.6) is 0 Å². The molecule has 6 aromatic carbocycles. The minimum absolute atomic E-state index is 0.965. The number of hydrogen-bond donors (Lipinski definition) is 0. The Kier molecular flexibility index (Phi) is 6.05. The second kappa shape index (κ2) is 10.3. The first-order chi connectivity index (χ1) is 21.2.